The van der Waals surface area contributed by atoms with E-state index in [4.69, 9.17) is 4.74 Å². The van der Waals surface area contributed by atoms with Crippen molar-refractivity contribution in [1.29, 1.82) is 0 Å². The van der Waals surface area contributed by atoms with E-state index in [-0.39, 0.29) is 17.4 Å². The van der Waals surface area contributed by atoms with Crippen molar-refractivity contribution < 1.29 is 9.53 Å². The molecule has 39 heavy (non-hydrogen) atoms. The second-order valence-electron chi connectivity index (χ2n) is 11.7. The molecule has 5 heteroatoms. The van der Waals surface area contributed by atoms with Crippen molar-refractivity contribution in [3.05, 3.63) is 101 Å². The molecule has 1 unspecified atom stereocenters. The SMILES string of the molecule is CC(C)(C)c1ccc(CNC(Cc2ccc(OCc3ccccc3)cc2)C(=O)NCCN2CCCCC2)cc1. The number of nitrogens with one attached hydrogen (secondary N) is 2. The third-order valence-electron chi connectivity index (χ3n) is 7.48. The monoisotopic (exact) mass is 527 g/mol. The Hall–Kier alpha value is -3.15. The minimum Gasteiger partial charge on any atom is -0.489 e. The Kier molecular flexibility index (Phi) is 10.6. The van der Waals surface area contributed by atoms with Crippen molar-refractivity contribution in [2.45, 2.75) is 71.1 Å². The fourth-order valence-corrected chi connectivity index (χ4v) is 4.96. The van der Waals surface area contributed by atoms with Crippen LogP contribution in [0.25, 0.3) is 0 Å². The summed E-state index contributed by atoms with van der Waals surface area (Å²) in [7, 11) is 0. The number of amides is 1. The molecule has 0 aromatic heterocycles. The van der Waals surface area contributed by atoms with E-state index in [2.05, 4.69) is 84.8 Å². The first-order valence-corrected chi connectivity index (χ1v) is 14.5. The van der Waals surface area contributed by atoms with Crippen molar-refractivity contribution in [3.63, 3.8) is 0 Å². The highest BCUT2D eigenvalue weighted by atomic mass is 16.5. The molecule has 1 aliphatic rings. The standard InChI is InChI=1S/C34H45N3O2/c1-34(2,3)30-16-12-28(13-17-30)25-36-32(33(38)35-20-23-37-21-8-5-9-22-37)24-27-14-18-31(19-15-27)39-26-29-10-6-4-7-11-29/h4,6-7,10-19,32,36H,5,8-9,20-26H2,1-3H3,(H,35,38). The third-order valence-corrected chi connectivity index (χ3v) is 7.48. The zero-order chi connectivity index (χ0) is 27.5. The normalized spacial score (nSPS) is 15.1. The molecule has 4 rings (SSSR count). The molecule has 3 aromatic carbocycles. The summed E-state index contributed by atoms with van der Waals surface area (Å²) in [6.07, 6.45) is 4.46. The van der Waals surface area contributed by atoms with Crippen LogP contribution in [-0.4, -0.2) is 43.0 Å². The van der Waals surface area contributed by atoms with Crippen molar-refractivity contribution in [3.8, 4) is 5.75 Å². The number of hydrogen-bond acceptors (Lipinski definition) is 4. The van der Waals surface area contributed by atoms with Crippen LogP contribution < -0.4 is 15.4 Å². The Morgan fingerprint density at radius 2 is 1.51 bits per heavy atom. The van der Waals surface area contributed by atoms with E-state index < -0.39 is 0 Å². The summed E-state index contributed by atoms with van der Waals surface area (Å²) < 4.78 is 5.95. The van der Waals surface area contributed by atoms with Crippen LogP contribution in [0.15, 0.2) is 78.9 Å². The van der Waals surface area contributed by atoms with Crippen molar-refractivity contribution in [2.24, 2.45) is 0 Å². The van der Waals surface area contributed by atoms with Gasteiger partial charge in [-0.3, -0.25) is 4.79 Å². The predicted octanol–water partition coefficient (Wildman–Crippen LogP) is 5.87. The molecule has 3 aromatic rings. The highest BCUT2D eigenvalue weighted by Crippen LogP contribution is 2.22. The number of benzene rings is 3. The largest absolute Gasteiger partial charge is 0.489 e. The van der Waals surface area contributed by atoms with Crippen molar-refractivity contribution in [1.82, 2.24) is 15.5 Å². The Labute approximate surface area is 235 Å². The van der Waals surface area contributed by atoms with Gasteiger partial charge in [-0.2, -0.15) is 0 Å². The lowest BCUT2D eigenvalue weighted by Gasteiger charge is -2.27. The molecule has 1 fully saturated rings. The van der Waals surface area contributed by atoms with E-state index in [1.807, 2.05) is 30.3 Å². The quantitative estimate of drug-likeness (QED) is 0.310. The number of ether oxygens (including phenoxy) is 1. The Bertz CT molecular complexity index is 1130. The molecular formula is C34H45N3O2. The Morgan fingerprint density at radius 3 is 2.18 bits per heavy atom. The number of carbonyl (C=O) groups is 1. The van der Waals surface area contributed by atoms with Gasteiger partial charge < -0.3 is 20.3 Å². The molecule has 0 aliphatic carbocycles. The van der Waals surface area contributed by atoms with Gasteiger partial charge in [0, 0.05) is 19.6 Å². The average Bonchev–Trinajstić information content (AvgIpc) is 2.95. The topological polar surface area (TPSA) is 53.6 Å². The lowest BCUT2D eigenvalue weighted by molar-refractivity contribution is -0.123. The first-order chi connectivity index (χ1) is 18.9. The molecule has 0 radical (unpaired) electrons. The lowest BCUT2D eigenvalue weighted by atomic mass is 9.87. The molecule has 208 valence electrons. The number of likely N-dealkylation sites (tertiary alicyclic amines) is 1. The Balaban J connectivity index is 1.35. The van der Waals surface area contributed by atoms with E-state index in [0.717, 1.165) is 36.5 Å². The molecule has 2 N–H and O–H groups in total. The first kappa shape index (κ1) is 28.8. The fourth-order valence-electron chi connectivity index (χ4n) is 4.96. The third kappa shape index (κ3) is 9.52. The van der Waals surface area contributed by atoms with Crippen LogP contribution in [0.3, 0.4) is 0 Å². The highest BCUT2D eigenvalue weighted by molar-refractivity contribution is 5.82. The molecule has 0 saturated carbocycles. The van der Waals surface area contributed by atoms with Crippen LogP contribution in [0.4, 0.5) is 0 Å². The summed E-state index contributed by atoms with van der Waals surface area (Å²) in [6, 6.07) is 26.7. The van der Waals surface area contributed by atoms with E-state index in [1.54, 1.807) is 0 Å². The first-order valence-electron chi connectivity index (χ1n) is 14.5. The minimum atomic E-state index is -0.315. The summed E-state index contributed by atoms with van der Waals surface area (Å²) in [5, 5.41) is 6.73. The zero-order valence-electron chi connectivity index (χ0n) is 23.9. The van der Waals surface area contributed by atoms with Crippen LogP contribution in [0.2, 0.25) is 0 Å². The van der Waals surface area contributed by atoms with Crippen LogP contribution in [0.5, 0.6) is 5.75 Å². The van der Waals surface area contributed by atoms with Gasteiger partial charge in [0.2, 0.25) is 5.91 Å². The summed E-state index contributed by atoms with van der Waals surface area (Å²) in [4.78, 5) is 15.8. The second kappa shape index (κ2) is 14.3. The minimum absolute atomic E-state index is 0.0581. The van der Waals surface area contributed by atoms with Crippen LogP contribution in [-0.2, 0) is 29.8 Å². The smallest absolute Gasteiger partial charge is 0.237 e. The predicted molar refractivity (Wildman–Crippen MR) is 160 cm³/mol. The summed E-state index contributed by atoms with van der Waals surface area (Å²) in [5.74, 6) is 0.889. The molecular weight excluding hydrogens is 482 g/mol. The summed E-state index contributed by atoms with van der Waals surface area (Å²) in [5.41, 5.74) is 4.86. The molecule has 0 spiro atoms. The molecule has 5 nitrogen and oxygen atoms in total. The van der Waals surface area contributed by atoms with Crippen LogP contribution in [0.1, 0.15) is 62.3 Å². The number of carbonyl (C=O) groups excluding carboxylic acids is 1. The fraction of sp³-hybridized carbons (Fsp3) is 0.441. The van der Waals surface area contributed by atoms with Crippen LogP contribution in [0, 0.1) is 0 Å². The maximum Gasteiger partial charge on any atom is 0.237 e. The van der Waals surface area contributed by atoms with Crippen LogP contribution >= 0.6 is 0 Å². The van der Waals surface area contributed by atoms with Crippen molar-refractivity contribution >= 4 is 5.91 Å². The average molecular weight is 528 g/mol. The maximum atomic E-state index is 13.3. The molecule has 1 amide bonds. The second-order valence-corrected chi connectivity index (χ2v) is 11.7. The van der Waals surface area contributed by atoms with E-state index in [9.17, 15) is 4.79 Å². The van der Waals surface area contributed by atoms with Gasteiger partial charge in [0.1, 0.15) is 12.4 Å². The van der Waals surface area contributed by atoms with Gasteiger partial charge in [-0.1, -0.05) is 93.9 Å². The molecule has 0 bridgehead atoms. The molecule has 1 aliphatic heterocycles. The molecule has 1 heterocycles. The lowest BCUT2D eigenvalue weighted by Crippen LogP contribution is -2.47. The van der Waals surface area contributed by atoms with Gasteiger partial charge in [-0.05, 0) is 72.2 Å². The Morgan fingerprint density at radius 1 is 0.846 bits per heavy atom. The zero-order valence-corrected chi connectivity index (χ0v) is 23.9. The van der Waals surface area contributed by atoms with Gasteiger partial charge in [-0.25, -0.2) is 0 Å². The van der Waals surface area contributed by atoms with Gasteiger partial charge in [-0.15, -0.1) is 0 Å². The highest BCUT2D eigenvalue weighted by Gasteiger charge is 2.20. The van der Waals surface area contributed by atoms with Gasteiger partial charge in [0.15, 0.2) is 0 Å². The van der Waals surface area contributed by atoms with Gasteiger partial charge in [0.05, 0.1) is 6.04 Å². The summed E-state index contributed by atoms with van der Waals surface area (Å²) >= 11 is 0. The number of hydrogen-bond donors (Lipinski definition) is 2. The molecule has 1 saturated heterocycles. The number of piperidine rings is 1. The van der Waals surface area contributed by atoms with Gasteiger partial charge in [0.25, 0.3) is 0 Å². The number of rotatable bonds is 12. The number of nitrogens with zero attached hydrogens (tertiary/aromatic N) is 1. The maximum absolute atomic E-state index is 13.3. The van der Waals surface area contributed by atoms with Crippen molar-refractivity contribution in [2.75, 3.05) is 26.2 Å². The molecule has 1 atom stereocenters. The van der Waals surface area contributed by atoms with Gasteiger partial charge >= 0.3 is 0 Å². The van der Waals surface area contributed by atoms with E-state index in [0.29, 0.717) is 26.1 Å². The van der Waals surface area contributed by atoms with E-state index in [1.165, 1.54) is 30.4 Å². The summed E-state index contributed by atoms with van der Waals surface area (Å²) in [6.45, 7) is 11.7. The van der Waals surface area contributed by atoms with E-state index >= 15 is 0 Å².